The first-order valence-electron chi connectivity index (χ1n) is 8.02. The number of thiophene rings is 1. The quantitative estimate of drug-likeness (QED) is 0.785. The van der Waals surface area contributed by atoms with Crippen LogP contribution in [0.2, 0.25) is 5.02 Å². The van der Waals surface area contributed by atoms with E-state index in [4.69, 9.17) is 11.6 Å². The summed E-state index contributed by atoms with van der Waals surface area (Å²) in [5, 5.41) is 5.87. The number of halogens is 1. The molecule has 0 saturated carbocycles. The minimum Gasteiger partial charge on any atom is -0.354 e. The highest BCUT2D eigenvalue weighted by atomic mass is 35.5. The van der Waals surface area contributed by atoms with Crippen LogP contribution in [0.5, 0.6) is 0 Å². The zero-order chi connectivity index (χ0) is 17.7. The van der Waals surface area contributed by atoms with E-state index >= 15 is 0 Å². The van der Waals surface area contributed by atoms with E-state index in [1.807, 2.05) is 44.4 Å². The molecule has 1 N–H and O–H groups in total. The maximum absolute atomic E-state index is 12.4. The zero-order valence-electron chi connectivity index (χ0n) is 14.7. The van der Waals surface area contributed by atoms with Gasteiger partial charge in [-0.3, -0.25) is 4.79 Å². The highest BCUT2D eigenvalue weighted by molar-refractivity contribution is 7.10. The molecule has 1 amide bonds. The summed E-state index contributed by atoms with van der Waals surface area (Å²) >= 11 is 7.66. The molecule has 0 aliphatic heterocycles. The second kappa shape index (κ2) is 8.15. The fourth-order valence-electron chi connectivity index (χ4n) is 2.70. The van der Waals surface area contributed by atoms with Crippen molar-refractivity contribution < 1.29 is 4.79 Å². The molecule has 0 aliphatic rings. The van der Waals surface area contributed by atoms with E-state index in [9.17, 15) is 4.79 Å². The molecule has 0 saturated heterocycles. The molecule has 0 bridgehead atoms. The summed E-state index contributed by atoms with van der Waals surface area (Å²) in [7, 11) is 4.07. The van der Waals surface area contributed by atoms with Crippen molar-refractivity contribution in [2.45, 2.75) is 31.7 Å². The van der Waals surface area contributed by atoms with Gasteiger partial charge in [-0.25, -0.2) is 0 Å². The molecule has 5 heteroatoms. The summed E-state index contributed by atoms with van der Waals surface area (Å²) in [6, 6.07) is 12.1. The highest BCUT2D eigenvalue weighted by Crippen LogP contribution is 2.28. The summed E-state index contributed by atoms with van der Waals surface area (Å²) in [6.45, 7) is 4.78. The van der Waals surface area contributed by atoms with Gasteiger partial charge in [0.05, 0.1) is 6.04 Å². The van der Waals surface area contributed by atoms with Crippen LogP contribution < -0.4 is 5.32 Å². The summed E-state index contributed by atoms with van der Waals surface area (Å²) in [4.78, 5) is 15.8. The van der Waals surface area contributed by atoms with E-state index in [2.05, 4.69) is 35.5 Å². The summed E-state index contributed by atoms with van der Waals surface area (Å²) in [5.41, 5.74) is 0.884. The first-order valence-corrected chi connectivity index (χ1v) is 9.28. The lowest BCUT2D eigenvalue weighted by Crippen LogP contribution is -2.36. The Balaban J connectivity index is 1.95. The third-order valence-corrected chi connectivity index (χ3v) is 5.44. The van der Waals surface area contributed by atoms with Gasteiger partial charge in [-0.15, -0.1) is 11.3 Å². The topological polar surface area (TPSA) is 32.3 Å². The molecule has 0 aliphatic carbocycles. The van der Waals surface area contributed by atoms with Crippen LogP contribution in [0.4, 0.5) is 0 Å². The van der Waals surface area contributed by atoms with E-state index in [0.29, 0.717) is 18.0 Å². The van der Waals surface area contributed by atoms with E-state index < -0.39 is 0 Å². The molecular formula is C19H25ClN2OS. The van der Waals surface area contributed by atoms with Gasteiger partial charge in [0.25, 0.3) is 0 Å². The lowest BCUT2D eigenvalue weighted by atomic mass is 9.81. The van der Waals surface area contributed by atoms with Crippen LogP contribution >= 0.6 is 22.9 Å². The normalized spacial score (nSPS) is 13.1. The lowest BCUT2D eigenvalue weighted by molar-refractivity contribution is -0.122. The number of likely N-dealkylation sites (N-methyl/N-ethyl adjacent to an activating group) is 1. The molecule has 0 fully saturated rings. The van der Waals surface area contributed by atoms with E-state index in [1.54, 1.807) is 11.3 Å². The van der Waals surface area contributed by atoms with Gasteiger partial charge >= 0.3 is 0 Å². The smallest absolute Gasteiger partial charge is 0.220 e. The van der Waals surface area contributed by atoms with Gasteiger partial charge in [-0.1, -0.05) is 43.6 Å². The first-order chi connectivity index (χ1) is 11.3. The number of amides is 1. The zero-order valence-corrected chi connectivity index (χ0v) is 16.2. The van der Waals surface area contributed by atoms with Crippen molar-refractivity contribution in [2.24, 2.45) is 0 Å². The predicted molar refractivity (Wildman–Crippen MR) is 103 cm³/mol. The Morgan fingerprint density at radius 2 is 1.92 bits per heavy atom. The van der Waals surface area contributed by atoms with Crippen molar-refractivity contribution in [3.05, 3.63) is 57.2 Å². The van der Waals surface area contributed by atoms with Crippen LogP contribution in [0.15, 0.2) is 41.8 Å². The molecule has 1 heterocycles. The van der Waals surface area contributed by atoms with Crippen LogP contribution in [0, 0.1) is 0 Å². The summed E-state index contributed by atoms with van der Waals surface area (Å²) < 4.78 is 0. The fourth-order valence-corrected chi connectivity index (χ4v) is 3.74. The predicted octanol–water partition coefficient (Wildman–Crippen LogP) is 4.49. The van der Waals surface area contributed by atoms with Gasteiger partial charge in [-0.05, 0) is 48.7 Å². The van der Waals surface area contributed by atoms with Crippen LogP contribution in [-0.4, -0.2) is 31.4 Å². The summed E-state index contributed by atoms with van der Waals surface area (Å²) in [6.07, 6.45) is 0.444. The number of rotatable bonds is 7. The second-order valence-electron chi connectivity index (χ2n) is 6.87. The molecule has 1 atom stereocenters. The van der Waals surface area contributed by atoms with Gasteiger partial charge < -0.3 is 10.2 Å². The first kappa shape index (κ1) is 19.0. The average Bonchev–Trinajstić information content (AvgIpc) is 3.01. The molecule has 1 aromatic heterocycles. The standard InChI is InChI=1S/C19H25ClN2OS/c1-19(2,14-7-9-15(20)10-8-14)12-18(23)21-13-16(22(3)4)17-6-5-11-24-17/h5-11,16H,12-13H2,1-4H3,(H,21,23). The third-order valence-electron chi connectivity index (χ3n) is 4.22. The van der Waals surface area contributed by atoms with E-state index in [-0.39, 0.29) is 17.4 Å². The second-order valence-corrected chi connectivity index (χ2v) is 8.28. The van der Waals surface area contributed by atoms with Gasteiger partial charge in [0.15, 0.2) is 0 Å². The number of nitrogens with zero attached hydrogens (tertiary/aromatic N) is 1. The van der Waals surface area contributed by atoms with Crippen molar-refractivity contribution in [2.75, 3.05) is 20.6 Å². The molecule has 3 nitrogen and oxygen atoms in total. The molecule has 1 unspecified atom stereocenters. The molecule has 0 radical (unpaired) electrons. The average molecular weight is 365 g/mol. The van der Waals surface area contributed by atoms with Crippen LogP contribution in [0.3, 0.4) is 0 Å². The molecule has 130 valence electrons. The van der Waals surface area contributed by atoms with Crippen molar-refractivity contribution in [1.29, 1.82) is 0 Å². The number of nitrogens with one attached hydrogen (secondary N) is 1. The number of benzene rings is 1. The minimum atomic E-state index is -0.231. The molecule has 24 heavy (non-hydrogen) atoms. The van der Waals surface area contributed by atoms with Crippen molar-refractivity contribution >= 4 is 28.8 Å². The SMILES string of the molecule is CN(C)C(CNC(=O)CC(C)(C)c1ccc(Cl)cc1)c1cccs1. The highest BCUT2D eigenvalue weighted by Gasteiger charge is 2.25. The minimum absolute atomic E-state index is 0.0679. The Kier molecular flexibility index (Phi) is 6.44. The van der Waals surface area contributed by atoms with Crippen LogP contribution in [0.1, 0.15) is 36.8 Å². The number of hydrogen-bond acceptors (Lipinski definition) is 3. The molecular weight excluding hydrogens is 340 g/mol. The lowest BCUT2D eigenvalue weighted by Gasteiger charge is -2.27. The third kappa shape index (κ3) is 5.07. The number of carbonyl (C=O) groups excluding carboxylic acids is 1. The van der Waals surface area contributed by atoms with E-state index in [0.717, 1.165) is 5.56 Å². The Morgan fingerprint density at radius 3 is 2.46 bits per heavy atom. The van der Waals surface area contributed by atoms with Gasteiger partial charge in [0, 0.05) is 22.9 Å². The fraction of sp³-hybridized carbons (Fsp3) is 0.421. The maximum Gasteiger partial charge on any atom is 0.220 e. The summed E-state index contributed by atoms with van der Waals surface area (Å²) in [5.74, 6) is 0.0679. The van der Waals surface area contributed by atoms with Crippen molar-refractivity contribution in [3.8, 4) is 0 Å². The van der Waals surface area contributed by atoms with Crippen molar-refractivity contribution in [1.82, 2.24) is 10.2 Å². The van der Waals surface area contributed by atoms with Gasteiger partial charge in [0.1, 0.15) is 0 Å². The van der Waals surface area contributed by atoms with Crippen LogP contribution in [-0.2, 0) is 10.2 Å². The molecule has 1 aromatic carbocycles. The Morgan fingerprint density at radius 1 is 1.25 bits per heavy atom. The van der Waals surface area contributed by atoms with E-state index in [1.165, 1.54) is 4.88 Å². The van der Waals surface area contributed by atoms with Crippen LogP contribution in [0.25, 0.3) is 0 Å². The van der Waals surface area contributed by atoms with Gasteiger partial charge in [-0.2, -0.15) is 0 Å². The Labute approximate surface area is 153 Å². The Bertz CT molecular complexity index is 651. The molecule has 0 spiro atoms. The number of hydrogen-bond donors (Lipinski definition) is 1. The Hall–Kier alpha value is -1.36. The largest absolute Gasteiger partial charge is 0.354 e. The monoisotopic (exact) mass is 364 g/mol. The molecule has 2 rings (SSSR count). The van der Waals surface area contributed by atoms with Gasteiger partial charge in [0.2, 0.25) is 5.91 Å². The molecule has 2 aromatic rings. The number of carbonyl (C=O) groups is 1. The van der Waals surface area contributed by atoms with Crippen molar-refractivity contribution in [3.63, 3.8) is 0 Å². The maximum atomic E-state index is 12.4.